The number of nitrogens with zero attached hydrogens (tertiary/aromatic N) is 2. The second kappa shape index (κ2) is 9.47. The van der Waals surface area contributed by atoms with Crippen LogP contribution in [0.5, 0.6) is 5.75 Å². The Morgan fingerprint density at radius 3 is 2.42 bits per heavy atom. The van der Waals surface area contributed by atoms with Gasteiger partial charge in [0.2, 0.25) is 5.91 Å². The number of ether oxygens (including phenoxy) is 1. The van der Waals surface area contributed by atoms with Gasteiger partial charge >= 0.3 is 0 Å². The van der Waals surface area contributed by atoms with Crippen LogP contribution in [0.25, 0.3) is 5.69 Å². The van der Waals surface area contributed by atoms with Crippen LogP contribution in [0.1, 0.15) is 35.0 Å². The van der Waals surface area contributed by atoms with Crippen LogP contribution in [0.2, 0.25) is 0 Å². The Balaban J connectivity index is 1.58. The van der Waals surface area contributed by atoms with Crippen molar-refractivity contribution in [2.75, 3.05) is 0 Å². The van der Waals surface area contributed by atoms with Gasteiger partial charge in [-0.25, -0.2) is 4.68 Å². The van der Waals surface area contributed by atoms with Crippen molar-refractivity contribution < 1.29 is 14.3 Å². The number of rotatable bonds is 6. The topological polar surface area (TPSA) is 85.2 Å². The highest BCUT2D eigenvalue weighted by Crippen LogP contribution is 2.22. The standard InChI is InChI=1S/C24H28N4O3/c1-15-10-9-13-22(16(15)2)31-19(5)24(30)26-25-23(29)14-21-17(3)27-28(18(21)4)20-11-7-6-8-12-20/h6-13,19H,14H2,1-5H3,(H,25,29)(H,26,30)/t19-/m1/s1. The largest absolute Gasteiger partial charge is 0.481 e. The van der Waals surface area contributed by atoms with Crippen LogP contribution in [0.15, 0.2) is 48.5 Å². The van der Waals surface area contributed by atoms with Gasteiger partial charge in [0.1, 0.15) is 5.75 Å². The number of hydrogen-bond donors (Lipinski definition) is 2. The van der Waals surface area contributed by atoms with Gasteiger partial charge in [0, 0.05) is 11.3 Å². The lowest BCUT2D eigenvalue weighted by atomic mass is 10.1. The molecule has 3 aromatic rings. The fourth-order valence-corrected chi connectivity index (χ4v) is 3.28. The number of carbonyl (C=O) groups is 2. The molecule has 0 aliphatic heterocycles. The van der Waals surface area contributed by atoms with Crippen molar-refractivity contribution >= 4 is 11.8 Å². The van der Waals surface area contributed by atoms with Crippen LogP contribution in [0.4, 0.5) is 0 Å². The summed E-state index contributed by atoms with van der Waals surface area (Å²) in [5.74, 6) is -0.109. The average molecular weight is 421 g/mol. The van der Waals surface area contributed by atoms with E-state index in [0.717, 1.165) is 33.8 Å². The zero-order valence-corrected chi connectivity index (χ0v) is 18.5. The van der Waals surface area contributed by atoms with Gasteiger partial charge in [-0.2, -0.15) is 5.10 Å². The summed E-state index contributed by atoms with van der Waals surface area (Å²) in [6.07, 6.45) is -0.651. The molecule has 31 heavy (non-hydrogen) atoms. The molecule has 0 saturated carbocycles. The predicted octanol–water partition coefficient (Wildman–Crippen LogP) is 3.26. The maximum absolute atomic E-state index is 12.4. The number of amides is 2. The molecule has 162 valence electrons. The molecule has 1 heterocycles. The second-order valence-corrected chi connectivity index (χ2v) is 7.57. The van der Waals surface area contributed by atoms with Gasteiger partial charge in [-0.1, -0.05) is 30.3 Å². The fourth-order valence-electron chi connectivity index (χ4n) is 3.28. The number of aromatic nitrogens is 2. The van der Waals surface area contributed by atoms with Crippen molar-refractivity contribution in [3.63, 3.8) is 0 Å². The fraction of sp³-hybridized carbons (Fsp3) is 0.292. The lowest BCUT2D eigenvalue weighted by molar-refractivity contribution is -0.132. The number of aryl methyl sites for hydroxylation is 2. The van der Waals surface area contributed by atoms with E-state index in [9.17, 15) is 9.59 Å². The average Bonchev–Trinajstić information content (AvgIpc) is 3.04. The van der Waals surface area contributed by atoms with Crippen molar-refractivity contribution in [2.45, 2.75) is 47.1 Å². The van der Waals surface area contributed by atoms with Crippen molar-refractivity contribution in [3.8, 4) is 11.4 Å². The molecule has 0 bridgehead atoms. The number of nitrogens with one attached hydrogen (secondary N) is 2. The molecule has 7 heteroatoms. The summed E-state index contributed by atoms with van der Waals surface area (Å²) in [6.45, 7) is 9.36. The van der Waals surface area contributed by atoms with E-state index in [1.807, 2.05) is 80.9 Å². The molecule has 2 amide bonds. The van der Waals surface area contributed by atoms with Gasteiger partial charge in [-0.15, -0.1) is 0 Å². The Morgan fingerprint density at radius 2 is 1.71 bits per heavy atom. The summed E-state index contributed by atoms with van der Waals surface area (Å²) in [5.41, 5.74) is 10.4. The molecule has 0 spiro atoms. The van der Waals surface area contributed by atoms with E-state index in [-0.39, 0.29) is 12.3 Å². The summed E-state index contributed by atoms with van der Waals surface area (Å²) in [6, 6.07) is 15.4. The lowest BCUT2D eigenvalue weighted by Crippen LogP contribution is -2.47. The first-order valence-electron chi connectivity index (χ1n) is 10.2. The Bertz CT molecular complexity index is 1090. The van der Waals surface area contributed by atoms with E-state index in [0.29, 0.717) is 5.75 Å². The second-order valence-electron chi connectivity index (χ2n) is 7.57. The van der Waals surface area contributed by atoms with Crippen LogP contribution in [-0.4, -0.2) is 27.7 Å². The van der Waals surface area contributed by atoms with E-state index >= 15 is 0 Å². The number of hydrazine groups is 1. The van der Waals surface area contributed by atoms with Crippen LogP contribution < -0.4 is 15.6 Å². The molecular weight excluding hydrogens is 392 g/mol. The van der Waals surface area contributed by atoms with Crippen LogP contribution in [0, 0.1) is 27.7 Å². The first-order chi connectivity index (χ1) is 14.8. The monoisotopic (exact) mass is 420 g/mol. The van der Waals surface area contributed by atoms with E-state index < -0.39 is 12.0 Å². The summed E-state index contributed by atoms with van der Waals surface area (Å²) in [7, 11) is 0. The molecule has 0 fully saturated rings. The van der Waals surface area contributed by atoms with Crippen LogP contribution in [0.3, 0.4) is 0 Å². The smallest absolute Gasteiger partial charge is 0.279 e. The summed E-state index contributed by atoms with van der Waals surface area (Å²) in [4.78, 5) is 24.8. The van der Waals surface area contributed by atoms with Crippen molar-refractivity contribution in [2.24, 2.45) is 0 Å². The molecule has 2 aromatic carbocycles. The van der Waals surface area contributed by atoms with Crippen molar-refractivity contribution in [3.05, 3.63) is 76.6 Å². The third-order valence-corrected chi connectivity index (χ3v) is 5.33. The number of benzene rings is 2. The molecule has 7 nitrogen and oxygen atoms in total. The van der Waals surface area contributed by atoms with E-state index in [1.54, 1.807) is 6.92 Å². The highest BCUT2D eigenvalue weighted by atomic mass is 16.5. The predicted molar refractivity (Wildman–Crippen MR) is 119 cm³/mol. The van der Waals surface area contributed by atoms with Crippen LogP contribution in [-0.2, 0) is 16.0 Å². The number of hydrogen-bond acceptors (Lipinski definition) is 4. The molecule has 2 N–H and O–H groups in total. The lowest BCUT2D eigenvalue weighted by Gasteiger charge is -2.17. The highest BCUT2D eigenvalue weighted by Gasteiger charge is 2.19. The number of para-hydroxylation sites is 1. The van der Waals surface area contributed by atoms with Crippen LogP contribution >= 0.6 is 0 Å². The molecule has 0 aliphatic carbocycles. The minimum Gasteiger partial charge on any atom is -0.481 e. The minimum absolute atomic E-state index is 0.108. The molecule has 0 aliphatic rings. The quantitative estimate of drug-likeness (QED) is 0.600. The van der Waals surface area contributed by atoms with Gasteiger partial charge in [0.15, 0.2) is 6.10 Å². The molecule has 1 atom stereocenters. The molecule has 0 saturated heterocycles. The highest BCUT2D eigenvalue weighted by molar-refractivity contribution is 5.85. The zero-order chi connectivity index (χ0) is 22.5. The van der Waals surface area contributed by atoms with E-state index in [2.05, 4.69) is 16.0 Å². The first kappa shape index (κ1) is 22.1. The van der Waals surface area contributed by atoms with Crippen molar-refractivity contribution in [1.82, 2.24) is 20.6 Å². The van der Waals surface area contributed by atoms with Gasteiger partial charge in [0.25, 0.3) is 5.91 Å². The van der Waals surface area contributed by atoms with E-state index in [1.165, 1.54) is 0 Å². The summed E-state index contributed by atoms with van der Waals surface area (Å²) >= 11 is 0. The van der Waals surface area contributed by atoms with Gasteiger partial charge < -0.3 is 4.74 Å². The Hall–Kier alpha value is -3.61. The zero-order valence-electron chi connectivity index (χ0n) is 18.5. The normalized spacial score (nSPS) is 11.6. The molecule has 1 aromatic heterocycles. The molecule has 3 rings (SSSR count). The third kappa shape index (κ3) is 5.12. The van der Waals surface area contributed by atoms with Crippen molar-refractivity contribution in [1.29, 1.82) is 0 Å². The Labute approximate surface area is 182 Å². The number of carbonyl (C=O) groups excluding carboxylic acids is 2. The Kier molecular flexibility index (Phi) is 6.74. The SMILES string of the molecule is Cc1cccc(O[C@H](C)C(=O)NNC(=O)Cc2c(C)nn(-c3ccccc3)c2C)c1C. The maximum Gasteiger partial charge on any atom is 0.279 e. The first-order valence-corrected chi connectivity index (χ1v) is 10.2. The maximum atomic E-state index is 12.4. The minimum atomic E-state index is -0.759. The summed E-state index contributed by atoms with van der Waals surface area (Å²) in [5, 5.41) is 4.55. The van der Waals surface area contributed by atoms with Gasteiger partial charge in [0.05, 0.1) is 17.8 Å². The van der Waals surface area contributed by atoms with E-state index in [4.69, 9.17) is 4.74 Å². The summed E-state index contributed by atoms with van der Waals surface area (Å²) < 4.78 is 7.57. The molecular formula is C24H28N4O3. The Morgan fingerprint density at radius 1 is 1.00 bits per heavy atom. The molecule has 0 unspecified atom stereocenters. The molecule has 0 radical (unpaired) electrons. The third-order valence-electron chi connectivity index (χ3n) is 5.33. The van der Waals surface area contributed by atoms with Gasteiger partial charge in [-0.3, -0.25) is 20.4 Å². The van der Waals surface area contributed by atoms with Gasteiger partial charge in [-0.05, 0) is 63.9 Å².